The highest BCUT2D eigenvalue weighted by atomic mass is 32.2. The second-order valence-electron chi connectivity index (χ2n) is 6.43. The molecule has 0 radical (unpaired) electrons. The van der Waals surface area contributed by atoms with Crippen LogP contribution < -0.4 is 10.1 Å². The van der Waals surface area contributed by atoms with E-state index in [9.17, 15) is 18.0 Å². The van der Waals surface area contributed by atoms with Gasteiger partial charge in [-0.25, -0.2) is 18.2 Å². The fourth-order valence-electron chi connectivity index (χ4n) is 2.76. The first kappa shape index (κ1) is 22.8. The van der Waals surface area contributed by atoms with E-state index < -0.39 is 15.8 Å². The SMILES string of the molecule is CCOC(=O)c1ccccc1NC(=O)CSC1=Nc2cc(S(=O)(=O)CC)ccc2OC1. The molecular weight excluding hydrogens is 440 g/mol. The number of thioether (sulfide) groups is 1. The van der Waals surface area contributed by atoms with Gasteiger partial charge in [-0.15, -0.1) is 0 Å². The van der Waals surface area contributed by atoms with Crippen LogP contribution in [0.1, 0.15) is 24.2 Å². The summed E-state index contributed by atoms with van der Waals surface area (Å²) in [7, 11) is -3.36. The minimum absolute atomic E-state index is 0.00852. The number of hydrogen-bond acceptors (Lipinski definition) is 8. The highest BCUT2D eigenvalue weighted by Gasteiger charge is 2.20. The molecule has 164 valence electrons. The number of fused-ring (bicyclic) bond motifs is 1. The van der Waals surface area contributed by atoms with Gasteiger partial charge in [0, 0.05) is 0 Å². The lowest BCUT2D eigenvalue weighted by molar-refractivity contribution is -0.113. The Morgan fingerprint density at radius 1 is 1.19 bits per heavy atom. The molecule has 2 aromatic rings. The molecule has 2 aromatic carbocycles. The molecule has 1 amide bonds. The number of para-hydroxylation sites is 1. The molecule has 0 bridgehead atoms. The van der Waals surface area contributed by atoms with Crippen LogP contribution in [-0.2, 0) is 19.4 Å². The molecule has 8 nitrogen and oxygen atoms in total. The van der Waals surface area contributed by atoms with Crippen LogP contribution in [0.5, 0.6) is 5.75 Å². The molecule has 0 aromatic heterocycles. The first-order valence-corrected chi connectivity index (χ1v) is 12.2. The lowest BCUT2D eigenvalue weighted by Gasteiger charge is -2.17. The van der Waals surface area contributed by atoms with Gasteiger partial charge in [-0.05, 0) is 37.3 Å². The number of amides is 1. The van der Waals surface area contributed by atoms with E-state index in [2.05, 4.69) is 10.3 Å². The minimum Gasteiger partial charge on any atom is -0.484 e. The molecule has 1 aliphatic rings. The first-order valence-electron chi connectivity index (χ1n) is 9.60. The normalized spacial score (nSPS) is 12.9. The zero-order valence-electron chi connectivity index (χ0n) is 17.1. The summed E-state index contributed by atoms with van der Waals surface area (Å²) < 4.78 is 34.8. The second kappa shape index (κ2) is 9.97. The largest absolute Gasteiger partial charge is 0.484 e. The molecule has 0 spiro atoms. The second-order valence-corrected chi connectivity index (χ2v) is 9.76. The zero-order chi connectivity index (χ0) is 22.4. The fraction of sp³-hybridized carbons (Fsp3) is 0.286. The van der Waals surface area contributed by atoms with Crippen molar-refractivity contribution >= 4 is 49.9 Å². The lowest BCUT2D eigenvalue weighted by Crippen LogP contribution is -2.20. The van der Waals surface area contributed by atoms with Gasteiger partial charge < -0.3 is 14.8 Å². The van der Waals surface area contributed by atoms with Crippen LogP contribution in [0.4, 0.5) is 11.4 Å². The van der Waals surface area contributed by atoms with Crippen molar-refractivity contribution in [1.29, 1.82) is 0 Å². The summed E-state index contributed by atoms with van der Waals surface area (Å²) in [5, 5.41) is 3.26. The van der Waals surface area contributed by atoms with Crippen molar-refractivity contribution in [2.75, 3.05) is 30.0 Å². The summed E-state index contributed by atoms with van der Waals surface area (Å²) in [6, 6.07) is 11.2. The number of anilines is 1. The molecule has 1 N–H and O–H groups in total. The summed E-state index contributed by atoms with van der Waals surface area (Å²) >= 11 is 1.18. The quantitative estimate of drug-likeness (QED) is 0.627. The summed E-state index contributed by atoms with van der Waals surface area (Å²) in [4.78, 5) is 29.1. The maximum absolute atomic E-state index is 12.4. The van der Waals surface area contributed by atoms with Crippen LogP contribution in [0.15, 0.2) is 52.4 Å². The molecule has 31 heavy (non-hydrogen) atoms. The van der Waals surface area contributed by atoms with Gasteiger partial charge in [0.1, 0.15) is 23.1 Å². The Bertz CT molecular complexity index is 1130. The number of rotatable bonds is 7. The van der Waals surface area contributed by atoms with Crippen molar-refractivity contribution in [3.8, 4) is 5.75 Å². The third kappa shape index (κ3) is 5.65. The number of nitrogens with zero attached hydrogens (tertiary/aromatic N) is 1. The van der Waals surface area contributed by atoms with Crippen molar-refractivity contribution in [3.63, 3.8) is 0 Å². The van der Waals surface area contributed by atoms with Gasteiger partial charge in [-0.1, -0.05) is 30.8 Å². The fourth-order valence-corrected chi connectivity index (χ4v) is 4.34. The maximum Gasteiger partial charge on any atom is 0.340 e. The molecule has 1 aliphatic heterocycles. The molecule has 0 saturated heterocycles. The third-order valence-electron chi connectivity index (χ3n) is 4.33. The predicted octanol–water partition coefficient (Wildman–Crippen LogP) is 3.45. The number of carbonyl (C=O) groups is 2. The Balaban J connectivity index is 1.67. The Hall–Kier alpha value is -2.85. The molecule has 0 atom stereocenters. The smallest absolute Gasteiger partial charge is 0.340 e. The maximum atomic E-state index is 12.4. The molecule has 3 rings (SSSR count). The number of sulfone groups is 1. The highest BCUT2D eigenvalue weighted by molar-refractivity contribution is 8.14. The van der Waals surface area contributed by atoms with Crippen molar-refractivity contribution in [3.05, 3.63) is 48.0 Å². The van der Waals surface area contributed by atoms with Crippen LogP contribution in [0.3, 0.4) is 0 Å². The summed E-state index contributed by atoms with van der Waals surface area (Å²) in [6.45, 7) is 3.71. The molecule has 0 saturated carbocycles. The summed E-state index contributed by atoms with van der Waals surface area (Å²) in [5.41, 5.74) is 1.06. The summed E-state index contributed by atoms with van der Waals surface area (Å²) in [6.07, 6.45) is 0. The number of carbonyl (C=O) groups excluding carboxylic acids is 2. The van der Waals surface area contributed by atoms with Crippen LogP contribution >= 0.6 is 11.8 Å². The van der Waals surface area contributed by atoms with Crippen LogP contribution in [0.2, 0.25) is 0 Å². The summed E-state index contributed by atoms with van der Waals surface area (Å²) in [5.74, 6) is -0.303. The van der Waals surface area contributed by atoms with E-state index in [-0.39, 0.29) is 41.1 Å². The van der Waals surface area contributed by atoms with Gasteiger partial charge in [0.2, 0.25) is 5.91 Å². The molecule has 0 fully saturated rings. The third-order valence-corrected chi connectivity index (χ3v) is 7.01. The van der Waals surface area contributed by atoms with Crippen molar-refractivity contribution in [1.82, 2.24) is 0 Å². The van der Waals surface area contributed by atoms with Gasteiger partial charge >= 0.3 is 5.97 Å². The first-order chi connectivity index (χ1) is 14.8. The Labute approximate surface area is 185 Å². The van der Waals surface area contributed by atoms with Gasteiger partial charge in [-0.3, -0.25) is 4.79 Å². The molecule has 10 heteroatoms. The molecular formula is C21H22N2O6S2. The number of benzene rings is 2. The molecule has 0 unspecified atom stereocenters. The average molecular weight is 463 g/mol. The van der Waals surface area contributed by atoms with Gasteiger partial charge in [0.05, 0.1) is 34.3 Å². The van der Waals surface area contributed by atoms with E-state index in [4.69, 9.17) is 9.47 Å². The van der Waals surface area contributed by atoms with Crippen LogP contribution in [0, 0.1) is 0 Å². The molecule has 1 heterocycles. The minimum atomic E-state index is -3.36. The number of esters is 1. The van der Waals surface area contributed by atoms with E-state index >= 15 is 0 Å². The van der Waals surface area contributed by atoms with Crippen molar-refractivity contribution in [2.24, 2.45) is 4.99 Å². The van der Waals surface area contributed by atoms with Crippen molar-refractivity contribution in [2.45, 2.75) is 18.7 Å². The van der Waals surface area contributed by atoms with E-state index in [0.29, 0.717) is 22.2 Å². The van der Waals surface area contributed by atoms with Gasteiger partial charge in [0.25, 0.3) is 0 Å². The topological polar surface area (TPSA) is 111 Å². The molecule has 0 aliphatic carbocycles. The number of aliphatic imine (C=N–C) groups is 1. The Morgan fingerprint density at radius 2 is 1.97 bits per heavy atom. The van der Waals surface area contributed by atoms with E-state index in [1.54, 1.807) is 44.2 Å². The van der Waals surface area contributed by atoms with Gasteiger partial charge in [0.15, 0.2) is 9.84 Å². The van der Waals surface area contributed by atoms with E-state index in [1.165, 1.54) is 23.9 Å². The van der Waals surface area contributed by atoms with Crippen LogP contribution in [-0.4, -0.2) is 50.1 Å². The van der Waals surface area contributed by atoms with Crippen LogP contribution in [0.25, 0.3) is 0 Å². The average Bonchev–Trinajstić information content (AvgIpc) is 2.77. The number of hydrogen-bond donors (Lipinski definition) is 1. The Kier molecular flexibility index (Phi) is 7.34. The number of nitrogens with one attached hydrogen (secondary N) is 1. The van der Waals surface area contributed by atoms with E-state index in [1.807, 2.05) is 0 Å². The highest BCUT2D eigenvalue weighted by Crippen LogP contribution is 2.34. The zero-order valence-corrected chi connectivity index (χ0v) is 18.7. The lowest BCUT2D eigenvalue weighted by atomic mass is 10.2. The predicted molar refractivity (Wildman–Crippen MR) is 120 cm³/mol. The van der Waals surface area contributed by atoms with E-state index in [0.717, 1.165) is 0 Å². The number of ether oxygens (including phenoxy) is 2. The van der Waals surface area contributed by atoms with Crippen molar-refractivity contribution < 1.29 is 27.5 Å². The standard InChI is InChI=1S/C21H22N2O6S2/c1-3-28-21(25)15-7-5-6-8-16(15)22-19(24)13-30-20-12-29-18-10-9-14(11-17(18)23-20)31(26,27)4-2/h5-11H,3-4,12-13H2,1-2H3,(H,22,24). The Morgan fingerprint density at radius 3 is 2.71 bits per heavy atom. The monoisotopic (exact) mass is 462 g/mol. The van der Waals surface area contributed by atoms with Gasteiger partial charge in [-0.2, -0.15) is 0 Å².